The minimum atomic E-state index is -0.207. The molecule has 5 heteroatoms. The zero-order valence-corrected chi connectivity index (χ0v) is 10.8. The van der Waals surface area contributed by atoms with Crippen LogP contribution in [0.1, 0.15) is 10.4 Å². The Morgan fingerprint density at radius 3 is 2.89 bits per heavy atom. The highest BCUT2D eigenvalue weighted by Gasteiger charge is 2.14. The molecule has 1 aliphatic rings. The molecular weight excluding hydrogens is 242 g/mol. The van der Waals surface area contributed by atoms with Crippen LogP contribution < -0.4 is 10.2 Å². The van der Waals surface area contributed by atoms with Crippen molar-refractivity contribution < 1.29 is 9.53 Å². The number of pyridine rings is 1. The number of nitrogens with one attached hydrogen (secondary N) is 1. The first-order chi connectivity index (χ1) is 9.20. The van der Waals surface area contributed by atoms with Crippen LogP contribution in [0.2, 0.25) is 0 Å². The third-order valence-corrected chi connectivity index (χ3v) is 2.86. The van der Waals surface area contributed by atoms with Crippen LogP contribution in [-0.4, -0.2) is 37.2 Å². The molecule has 1 aromatic heterocycles. The highest BCUT2D eigenvalue weighted by Crippen LogP contribution is 2.14. The van der Waals surface area contributed by atoms with Gasteiger partial charge in [-0.25, -0.2) is 4.98 Å². The summed E-state index contributed by atoms with van der Waals surface area (Å²) in [5.74, 6) is 0.585. The van der Waals surface area contributed by atoms with Crippen molar-refractivity contribution in [2.24, 2.45) is 0 Å². The number of morpholine rings is 1. The van der Waals surface area contributed by atoms with E-state index in [2.05, 4.69) is 28.4 Å². The number of nitrogens with zero attached hydrogens (tertiary/aromatic N) is 2. The number of hydrogen-bond acceptors (Lipinski definition) is 4. The highest BCUT2D eigenvalue weighted by molar-refractivity contribution is 5.96. The first-order valence-electron chi connectivity index (χ1n) is 6.12. The number of carbonyl (C=O) groups is 1. The van der Waals surface area contributed by atoms with Crippen molar-refractivity contribution in [2.75, 3.05) is 31.2 Å². The number of amides is 1. The van der Waals surface area contributed by atoms with E-state index in [1.54, 1.807) is 18.3 Å². The third-order valence-electron chi connectivity index (χ3n) is 2.86. The summed E-state index contributed by atoms with van der Waals surface area (Å²) in [6.07, 6.45) is 3.14. The van der Waals surface area contributed by atoms with Gasteiger partial charge in [0.2, 0.25) is 0 Å². The lowest BCUT2D eigenvalue weighted by molar-refractivity contribution is 0.0967. The zero-order valence-electron chi connectivity index (χ0n) is 10.8. The number of carbonyl (C=O) groups excluding carboxylic acids is 1. The molecular formula is C14H17N3O2. The zero-order chi connectivity index (χ0) is 13.7. The van der Waals surface area contributed by atoms with E-state index in [4.69, 9.17) is 4.74 Å². The molecule has 0 aromatic carbocycles. The topological polar surface area (TPSA) is 54.5 Å². The lowest BCUT2D eigenvalue weighted by Gasteiger charge is -2.27. The molecule has 1 N–H and O–H groups in total. The van der Waals surface area contributed by atoms with Gasteiger partial charge in [-0.2, -0.15) is 0 Å². The minimum Gasteiger partial charge on any atom is -0.378 e. The SMILES string of the molecule is C=CC(=C)NC(=O)c1ccnc(N2CCOCC2)c1. The van der Waals surface area contributed by atoms with Crippen LogP contribution in [-0.2, 0) is 4.74 Å². The van der Waals surface area contributed by atoms with Crippen molar-refractivity contribution in [3.63, 3.8) is 0 Å². The van der Waals surface area contributed by atoms with Crippen LogP contribution in [0.4, 0.5) is 5.82 Å². The number of rotatable bonds is 4. The molecule has 1 amide bonds. The molecule has 0 spiro atoms. The quantitative estimate of drug-likeness (QED) is 0.829. The largest absolute Gasteiger partial charge is 0.378 e. The van der Waals surface area contributed by atoms with Gasteiger partial charge in [-0.1, -0.05) is 13.2 Å². The summed E-state index contributed by atoms with van der Waals surface area (Å²) < 4.78 is 5.29. The second-order valence-electron chi connectivity index (χ2n) is 4.19. The van der Waals surface area contributed by atoms with E-state index < -0.39 is 0 Å². The number of aromatic nitrogens is 1. The molecule has 1 fully saturated rings. The number of ether oxygens (including phenoxy) is 1. The summed E-state index contributed by atoms with van der Waals surface area (Å²) in [7, 11) is 0. The summed E-state index contributed by atoms with van der Waals surface area (Å²) in [6, 6.07) is 3.45. The summed E-state index contributed by atoms with van der Waals surface area (Å²) in [4.78, 5) is 18.4. The fraction of sp³-hybridized carbons (Fsp3) is 0.286. The van der Waals surface area contributed by atoms with Crippen LogP contribution in [0.25, 0.3) is 0 Å². The Labute approximate surface area is 112 Å². The van der Waals surface area contributed by atoms with Crippen molar-refractivity contribution >= 4 is 11.7 Å². The van der Waals surface area contributed by atoms with Gasteiger partial charge < -0.3 is 15.0 Å². The maximum atomic E-state index is 12.0. The molecule has 0 unspecified atom stereocenters. The van der Waals surface area contributed by atoms with Crippen LogP contribution in [0.15, 0.2) is 43.3 Å². The van der Waals surface area contributed by atoms with Gasteiger partial charge in [0.15, 0.2) is 0 Å². The Bertz CT molecular complexity index is 493. The summed E-state index contributed by atoms with van der Waals surface area (Å²) in [5, 5.41) is 2.65. The number of anilines is 1. The Morgan fingerprint density at radius 1 is 1.47 bits per heavy atom. The molecule has 19 heavy (non-hydrogen) atoms. The molecule has 2 heterocycles. The lowest BCUT2D eigenvalue weighted by Crippen LogP contribution is -2.37. The second-order valence-corrected chi connectivity index (χ2v) is 4.19. The van der Waals surface area contributed by atoms with Gasteiger partial charge in [0.1, 0.15) is 5.82 Å². The van der Waals surface area contributed by atoms with E-state index in [1.165, 1.54) is 6.08 Å². The molecule has 1 aliphatic heterocycles. The fourth-order valence-corrected chi connectivity index (χ4v) is 1.79. The van der Waals surface area contributed by atoms with Crippen LogP contribution in [0, 0.1) is 0 Å². The highest BCUT2D eigenvalue weighted by atomic mass is 16.5. The molecule has 0 atom stereocenters. The van der Waals surface area contributed by atoms with Gasteiger partial charge in [0.25, 0.3) is 5.91 Å². The first-order valence-corrected chi connectivity index (χ1v) is 6.12. The Morgan fingerprint density at radius 2 is 2.21 bits per heavy atom. The van der Waals surface area contributed by atoms with Crippen molar-refractivity contribution in [3.05, 3.63) is 48.8 Å². The Hall–Kier alpha value is -2.14. The molecule has 0 aliphatic carbocycles. The minimum absolute atomic E-state index is 0.207. The standard InChI is InChI=1S/C14H17N3O2/c1-3-11(2)16-14(18)12-4-5-15-13(10-12)17-6-8-19-9-7-17/h3-5,10H,1-2,6-9H2,(H,16,18). The predicted octanol–water partition coefficient (Wildman–Crippen LogP) is 1.35. The van der Waals surface area contributed by atoms with Gasteiger partial charge in [0, 0.05) is 30.5 Å². The van der Waals surface area contributed by atoms with Gasteiger partial charge >= 0.3 is 0 Å². The Balaban J connectivity index is 2.11. The van der Waals surface area contributed by atoms with E-state index in [1.807, 2.05) is 0 Å². The van der Waals surface area contributed by atoms with Gasteiger partial charge in [-0.05, 0) is 18.2 Å². The lowest BCUT2D eigenvalue weighted by atomic mass is 10.2. The maximum Gasteiger partial charge on any atom is 0.255 e. The molecule has 1 aromatic rings. The fourth-order valence-electron chi connectivity index (χ4n) is 1.79. The second kappa shape index (κ2) is 6.15. The van der Waals surface area contributed by atoms with Gasteiger partial charge in [-0.3, -0.25) is 4.79 Å². The van der Waals surface area contributed by atoms with E-state index in [9.17, 15) is 4.79 Å². The van der Waals surface area contributed by atoms with Crippen molar-refractivity contribution in [1.82, 2.24) is 10.3 Å². The van der Waals surface area contributed by atoms with Crippen molar-refractivity contribution in [2.45, 2.75) is 0 Å². The molecule has 0 radical (unpaired) electrons. The molecule has 100 valence electrons. The molecule has 5 nitrogen and oxygen atoms in total. The average molecular weight is 259 g/mol. The third kappa shape index (κ3) is 3.42. The van der Waals surface area contributed by atoms with Crippen molar-refractivity contribution in [3.8, 4) is 0 Å². The molecule has 0 bridgehead atoms. The van der Waals surface area contributed by atoms with E-state index >= 15 is 0 Å². The van der Waals surface area contributed by atoms with Crippen LogP contribution in [0.5, 0.6) is 0 Å². The number of hydrogen-bond donors (Lipinski definition) is 1. The van der Waals surface area contributed by atoms with Gasteiger partial charge in [0.05, 0.1) is 13.2 Å². The normalized spacial score (nSPS) is 14.8. The smallest absolute Gasteiger partial charge is 0.255 e. The van der Waals surface area contributed by atoms with E-state index in [-0.39, 0.29) is 5.91 Å². The first kappa shape index (κ1) is 13.3. The molecule has 2 rings (SSSR count). The predicted molar refractivity (Wildman–Crippen MR) is 74.1 cm³/mol. The maximum absolute atomic E-state index is 12.0. The monoisotopic (exact) mass is 259 g/mol. The summed E-state index contributed by atoms with van der Waals surface area (Å²) in [5.41, 5.74) is 1.04. The summed E-state index contributed by atoms with van der Waals surface area (Å²) >= 11 is 0. The van der Waals surface area contributed by atoms with Crippen LogP contribution >= 0.6 is 0 Å². The average Bonchev–Trinajstić information content (AvgIpc) is 2.48. The molecule has 1 saturated heterocycles. The van der Waals surface area contributed by atoms with E-state index in [0.717, 1.165) is 18.9 Å². The Kier molecular flexibility index (Phi) is 4.30. The number of allylic oxidation sites excluding steroid dienone is 1. The van der Waals surface area contributed by atoms with Gasteiger partial charge in [-0.15, -0.1) is 0 Å². The molecule has 0 saturated carbocycles. The summed E-state index contributed by atoms with van der Waals surface area (Å²) in [6.45, 7) is 10.2. The van der Waals surface area contributed by atoms with Crippen molar-refractivity contribution in [1.29, 1.82) is 0 Å². The van der Waals surface area contributed by atoms with E-state index in [0.29, 0.717) is 24.5 Å². The van der Waals surface area contributed by atoms with Crippen LogP contribution in [0.3, 0.4) is 0 Å².